The summed E-state index contributed by atoms with van der Waals surface area (Å²) in [6, 6.07) is 7.60. The third kappa shape index (κ3) is 5.24. The molecule has 1 amide bonds. The molecule has 0 radical (unpaired) electrons. The molecular weight excluding hydrogens is 408 g/mol. The number of hydrogen-bond acceptors (Lipinski definition) is 6. The van der Waals surface area contributed by atoms with Gasteiger partial charge in [0.1, 0.15) is 12.7 Å². The van der Waals surface area contributed by atoms with Gasteiger partial charge in [0.25, 0.3) is 5.56 Å². The summed E-state index contributed by atoms with van der Waals surface area (Å²) < 4.78 is 6.55. The highest BCUT2D eigenvalue weighted by molar-refractivity contribution is 6.30. The summed E-state index contributed by atoms with van der Waals surface area (Å²) in [5.41, 5.74) is 1.30. The maximum absolute atomic E-state index is 13.0. The van der Waals surface area contributed by atoms with Crippen LogP contribution in [0.25, 0.3) is 0 Å². The average molecular weight is 435 g/mol. The van der Waals surface area contributed by atoms with Gasteiger partial charge in [-0.05, 0) is 44.9 Å². The first-order valence-electron chi connectivity index (χ1n) is 9.83. The molecule has 0 bridgehead atoms. The van der Waals surface area contributed by atoms with Crippen molar-refractivity contribution in [2.45, 2.75) is 45.8 Å². The minimum absolute atomic E-state index is 0.143. The summed E-state index contributed by atoms with van der Waals surface area (Å²) in [5.74, 6) is 0.348. The van der Waals surface area contributed by atoms with Crippen LogP contribution in [0.4, 0.5) is 10.7 Å². The van der Waals surface area contributed by atoms with Gasteiger partial charge in [0.2, 0.25) is 5.95 Å². The largest absolute Gasteiger partial charge is 0.444 e. The molecule has 0 saturated heterocycles. The number of amides is 1. The highest BCUT2D eigenvalue weighted by atomic mass is 35.5. The molecule has 1 N–H and O–H groups in total. The minimum Gasteiger partial charge on any atom is -0.444 e. The standard InChI is InChI=1S/C21H27ClN4O4/c1-21(2,3)30-20(28)25-12-10-17-16(13-25)18(27)26(29-4)19(24-17)23-11-9-14-5-7-15(22)8-6-14/h5-8H,9-13H2,1-4H3,(H,23,24). The Labute approximate surface area is 180 Å². The van der Waals surface area contributed by atoms with Crippen molar-refractivity contribution in [3.63, 3.8) is 0 Å². The van der Waals surface area contributed by atoms with Crippen LogP contribution in [0, 0.1) is 0 Å². The average Bonchev–Trinajstić information content (AvgIpc) is 2.68. The lowest BCUT2D eigenvalue weighted by molar-refractivity contribution is 0.0219. The predicted octanol–water partition coefficient (Wildman–Crippen LogP) is 2.90. The Balaban J connectivity index is 1.74. The Bertz CT molecular complexity index is 967. The molecule has 1 aliphatic heterocycles. The van der Waals surface area contributed by atoms with Gasteiger partial charge in [0, 0.05) is 24.5 Å². The molecule has 0 spiro atoms. The fraction of sp³-hybridized carbons (Fsp3) is 0.476. The monoisotopic (exact) mass is 434 g/mol. The minimum atomic E-state index is -0.597. The Morgan fingerprint density at radius 2 is 1.97 bits per heavy atom. The van der Waals surface area contributed by atoms with Crippen molar-refractivity contribution in [3.05, 3.63) is 56.5 Å². The number of aromatic nitrogens is 2. The lowest BCUT2D eigenvalue weighted by atomic mass is 10.1. The van der Waals surface area contributed by atoms with Gasteiger partial charge in [-0.15, -0.1) is 4.73 Å². The lowest BCUT2D eigenvalue weighted by Crippen LogP contribution is -2.44. The summed E-state index contributed by atoms with van der Waals surface area (Å²) in [6.45, 7) is 6.58. The highest BCUT2D eigenvalue weighted by Crippen LogP contribution is 2.19. The van der Waals surface area contributed by atoms with Gasteiger partial charge in [-0.1, -0.05) is 23.7 Å². The number of carbonyl (C=O) groups is 1. The zero-order chi connectivity index (χ0) is 21.9. The number of ether oxygens (including phenoxy) is 1. The Kier molecular flexibility index (Phi) is 6.55. The molecule has 9 heteroatoms. The first kappa shape index (κ1) is 22.0. The summed E-state index contributed by atoms with van der Waals surface area (Å²) in [7, 11) is 1.41. The maximum Gasteiger partial charge on any atom is 0.410 e. The number of rotatable bonds is 5. The Morgan fingerprint density at radius 1 is 1.27 bits per heavy atom. The molecule has 0 atom stereocenters. The molecule has 8 nitrogen and oxygen atoms in total. The van der Waals surface area contributed by atoms with E-state index in [9.17, 15) is 9.59 Å². The number of nitrogens with zero attached hydrogens (tertiary/aromatic N) is 3. The van der Waals surface area contributed by atoms with Gasteiger partial charge < -0.3 is 19.8 Å². The van der Waals surface area contributed by atoms with Crippen molar-refractivity contribution in [2.75, 3.05) is 25.5 Å². The summed E-state index contributed by atoms with van der Waals surface area (Å²) in [5, 5.41) is 3.86. The van der Waals surface area contributed by atoms with E-state index in [2.05, 4.69) is 10.3 Å². The number of anilines is 1. The van der Waals surface area contributed by atoms with Crippen molar-refractivity contribution in [2.24, 2.45) is 0 Å². The number of fused-ring (bicyclic) bond motifs is 1. The van der Waals surface area contributed by atoms with E-state index in [0.29, 0.717) is 41.7 Å². The molecular formula is C21H27ClN4O4. The van der Waals surface area contributed by atoms with Crippen LogP contribution < -0.4 is 15.7 Å². The zero-order valence-electron chi connectivity index (χ0n) is 17.7. The highest BCUT2D eigenvalue weighted by Gasteiger charge is 2.29. The first-order chi connectivity index (χ1) is 14.2. The Morgan fingerprint density at radius 3 is 2.60 bits per heavy atom. The predicted molar refractivity (Wildman–Crippen MR) is 115 cm³/mol. The van der Waals surface area contributed by atoms with Crippen molar-refractivity contribution < 1.29 is 14.4 Å². The van der Waals surface area contributed by atoms with Gasteiger partial charge in [0.05, 0.1) is 17.8 Å². The van der Waals surface area contributed by atoms with Crippen molar-refractivity contribution in [1.29, 1.82) is 0 Å². The second kappa shape index (κ2) is 8.95. The second-order valence-corrected chi connectivity index (χ2v) is 8.53. The van der Waals surface area contributed by atoms with Crippen LogP contribution in [0.15, 0.2) is 29.1 Å². The smallest absolute Gasteiger partial charge is 0.410 e. The van der Waals surface area contributed by atoms with Crippen LogP contribution in [0.1, 0.15) is 37.6 Å². The van der Waals surface area contributed by atoms with E-state index in [-0.39, 0.29) is 12.1 Å². The van der Waals surface area contributed by atoms with Crippen LogP contribution in [0.5, 0.6) is 0 Å². The third-order valence-corrected chi connectivity index (χ3v) is 4.89. The number of hydrogen-bond donors (Lipinski definition) is 1. The number of carbonyl (C=O) groups excluding carboxylic acids is 1. The fourth-order valence-corrected chi connectivity index (χ4v) is 3.32. The summed E-state index contributed by atoms with van der Waals surface area (Å²) >= 11 is 5.91. The van der Waals surface area contributed by atoms with E-state index in [1.807, 2.05) is 45.0 Å². The van der Waals surface area contributed by atoms with Crippen molar-refractivity contribution in [3.8, 4) is 0 Å². The third-order valence-electron chi connectivity index (χ3n) is 4.64. The lowest BCUT2D eigenvalue weighted by Gasteiger charge is -2.30. The fourth-order valence-electron chi connectivity index (χ4n) is 3.19. The van der Waals surface area contributed by atoms with Gasteiger partial charge in [-0.2, -0.15) is 0 Å². The molecule has 0 aliphatic carbocycles. The molecule has 1 aromatic carbocycles. The van der Waals surface area contributed by atoms with E-state index in [1.165, 1.54) is 12.0 Å². The molecule has 1 aliphatic rings. The van der Waals surface area contributed by atoms with E-state index in [1.54, 1.807) is 0 Å². The van der Waals surface area contributed by atoms with E-state index in [4.69, 9.17) is 21.2 Å². The Hall–Kier alpha value is -2.74. The zero-order valence-corrected chi connectivity index (χ0v) is 18.5. The van der Waals surface area contributed by atoms with Gasteiger partial charge in [-0.25, -0.2) is 9.78 Å². The number of benzene rings is 1. The molecule has 3 rings (SSSR count). The molecule has 1 aromatic heterocycles. The number of halogens is 1. The molecule has 0 saturated carbocycles. The summed E-state index contributed by atoms with van der Waals surface area (Å²) in [4.78, 5) is 36.7. The van der Waals surface area contributed by atoms with E-state index < -0.39 is 11.7 Å². The quantitative estimate of drug-likeness (QED) is 0.778. The molecule has 0 fully saturated rings. The van der Waals surface area contributed by atoms with Crippen LogP contribution in [-0.4, -0.2) is 46.5 Å². The SMILES string of the molecule is COn1c(NCCc2ccc(Cl)cc2)nc2c(c1=O)CN(C(=O)OC(C)(C)C)CC2. The molecule has 2 heterocycles. The van der Waals surface area contributed by atoms with Gasteiger partial charge >= 0.3 is 6.09 Å². The van der Waals surface area contributed by atoms with Crippen LogP contribution in [-0.2, 0) is 24.1 Å². The van der Waals surface area contributed by atoms with E-state index in [0.717, 1.165) is 16.7 Å². The van der Waals surface area contributed by atoms with E-state index >= 15 is 0 Å². The van der Waals surface area contributed by atoms with Crippen LogP contribution in [0.2, 0.25) is 5.02 Å². The second-order valence-electron chi connectivity index (χ2n) is 8.10. The summed E-state index contributed by atoms with van der Waals surface area (Å²) in [6.07, 6.45) is 0.766. The molecule has 30 heavy (non-hydrogen) atoms. The normalized spacial score (nSPS) is 13.6. The van der Waals surface area contributed by atoms with Crippen LogP contribution >= 0.6 is 11.6 Å². The van der Waals surface area contributed by atoms with Gasteiger partial charge in [0.15, 0.2) is 0 Å². The maximum atomic E-state index is 13.0. The first-order valence-corrected chi connectivity index (χ1v) is 10.2. The number of nitrogens with one attached hydrogen (secondary N) is 1. The molecule has 162 valence electrons. The topological polar surface area (TPSA) is 85.7 Å². The van der Waals surface area contributed by atoms with Crippen LogP contribution in [0.3, 0.4) is 0 Å². The molecule has 2 aromatic rings. The van der Waals surface area contributed by atoms with Crippen molar-refractivity contribution in [1.82, 2.24) is 14.6 Å². The molecule has 0 unspecified atom stereocenters. The van der Waals surface area contributed by atoms with Crippen molar-refractivity contribution >= 4 is 23.6 Å². The van der Waals surface area contributed by atoms with Gasteiger partial charge in [-0.3, -0.25) is 4.79 Å².